The summed E-state index contributed by atoms with van der Waals surface area (Å²) < 4.78 is 19.2. The average Bonchev–Trinajstić information content (AvgIpc) is 2.85. The fourth-order valence-corrected chi connectivity index (χ4v) is 10.4. The van der Waals surface area contributed by atoms with Crippen LogP contribution in [0.25, 0.3) is 0 Å². The van der Waals surface area contributed by atoms with Gasteiger partial charge in [-0.3, -0.25) is 0 Å². The van der Waals surface area contributed by atoms with Crippen molar-refractivity contribution < 1.29 is 13.9 Å². The Morgan fingerprint density at radius 1 is 0.788 bits per heavy atom. The Hall–Kier alpha value is -1.46. The molecule has 3 atom stereocenters. The summed E-state index contributed by atoms with van der Waals surface area (Å²) in [5.41, 5.74) is 0. The van der Waals surface area contributed by atoms with Gasteiger partial charge in [0.05, 0.1) is 6.61 Å². The van der Waals surface area contributed by atoms with E-state index in [1.165, 1.54) is 48.9 Å². The molecule has 0 bridgehead atoms. The maximum absolute atomic E-state index is 7.22. The van der Waals surface area contributed by atoms with Crippen molar-refractivity contribution in [2.75, 3.05) is 19.8 Å². The van der Waals surface area contributed by atoms with Crippen LogP contribution in [0, 0.1) is 11.8 Å². The summed E-state index contributed by atoms with van der Waals surface area (Å²) in [5.74, 6) is 1.22. The van der Waals surface area contributed by atoms with Crippen molar-refractivity contribution in [1.29, 1.82) is 0 Å². The monoisotopic (exact) mass is 466 g/mol. The molecule has 2 aromatic carbocycles. The normalized spacial score (nSPS) is 24.5. The first kappa shape index (κ1) is 24.7. The third-order valence-electron chi connectivity index (χ3n) is 7.50. The van der Waals surface area contributed by atoms with Crippen LogP contribution in [0.4, 0.5) is 0 Å². The minimum absolute atomic E-state index is 0.0208. The van der Waals surface area contributed by atoms with Gasteiger partial charge in [0.1, 0.15) is 0 Å². The lowest BCUT2D eigenvalue weighted by molar-refractivity contribution is -0.171. The number of ether oxygens (including phenoxy) is 2. The molecule has 2 aliphatic rings. The molecular weight excluding hydrogens is 424 g/mol. The molecule has 180 valence electrons. The first-order valence-corrected chi connectivity index (χ1v) is 14.9. The van der Waals surface area contributed by atoms with E-state index >= 15 is 0 Å². The minimum atomic E-state index is -2.45. The van der Waals surface area contributed by atoms with E-state index in [1.807, 2.05) is 0 Å². The first-order valence-electron chi connectivity index (χ1n) is 13.0. The highest BCUT2D eigenvalue weighted by Gasteiger charge is 2.50. The third kappa shape index (κ3) is 5.97. The molecule has 0 spiro atoms. The van der Waals surface area contributed by atoms with Crippen molar-refractivity contribution in [3.05, 3.63) is 60.7 Å². The van der Waals surface area contributed by atoms with E-state index in [1.54, 1.807) is 0 Å². The van der Waals surface area contributed by atoms with Crippen LogP contribution in [0.2, 0.25) is 5.04 Å². The summed E-state index contributed by atoms with van der Waals surface area (Å²) in [4.78, 5) is 0. The van der Waals surface area contributed by atoms with Crippen LogP contribution in [0.15, 0.2) is 60.7 Å². The van der Waals surface area contributed by atoms with Gasteiger partial charge < -0.3 is 13.9 Å². The summed E-state index contributed by atoms with van der Waals surface area (Å²) in [5, 5.41) is 2.77. The lowest BCUT2D eigenvalue weighted by atomic mass is 9.82. The maximum Gasteiger partial charge on any atom is 0.261 e. The molecule has 0 radical (unpaired) electrons. The smallest absolute Gasteiger partial charge is 0.261 e. The number of benzene rings is 2. The Balaban J connectivity index is 1.47. The fourth-order valence-electron chi connectivity index (χ4n) is 5.80. The minimum Gasteiger partial charge on any atom is -0.407 e. The van der Waals surface area contributed by atoms with Gasteiger partial charge in [-0.1, -0.05) is 87.9 Å². The second kappa shape index (κ2) is 11.3. The predicted molar refractivity (Wildman–Crippen MR) is 139 cm³/mol. The second-order valence-electron chi connectivity index (χ2n) is 11.0. The molecular formula is C29H42O3Si. The summed E-state index contributed by atoms with van der Waals surface area (Å²) in [6.45, 7) is 9.61. The summed E-state index contributed by atoms with van der Waals surface area (Å²) in [7, 11) is -2.45. The zero-order chi connectivity index (χ0) is 23.2. The van der Waals surface area contributed by atoms with Gasteiger partial charge in [-0.25, -0.2) is 0 Å². The van der Waals surface area contributed by atoms with Crippen LogP contribution in [0.1, 0.15) is 65.7 Å². The van der Waals surface area contributed by atoms with Crippen molar-refractivity contribution in [3.63, 3.8) is 0 Å². The molecule has 1 saturated carbocycles. The molecule has 0 N–H and O–H groups in total. The van der Waals surface area contributed by atoms with Gasteiger partial charge in [-0.05, 0) is 65.8 Å². The van der Waals surface area contributed by atoms with Crippen molar-refractivity contribution in [2.45, 2.75) is 77.0 Å². The third-order valence-corrected chi connectivity index (χ3v) is 12.5. The molecule has 33 heavy (non-hydrogen) atoms. The van der Waals surface area contributed by atoms with E-state index in [4.69, 9.17) is 13.9 Å². The molecule has 2 unspecified atom stereocenters. The molecule has 3 nitrogen and oxygen atoms in total. The Morgan fingerprint density at radius 2 is 1.39 bits per heavy atom. The number of hydrogen-bond acceptors (Lipinski definition) is 3. The van der Waals surface area contributed by atoms with E-state index < -0.39 is 8.32 Å². The average molecular weight is 467 g/mol. The molecule has 1 aliphatic carbocycles. The van der Waals surface area contributed by atoms with Crippen molar-refractivity contribution in [3.8, 4) is 0 Å². The molecule has 0 amide bonds. The first-order chi connectivity index (χ1) is 16.0. The van der Waals surface area contributed by atoms with Gasteiger partial charge >= 0.3 is 0 Å². The molecule has 1 heterocycles. The van der Waals surface area contributed by atoms with Gasteiger partial charge in [-0.15, -0.1) is 0 Å². The van der Waals surface area contributed by atoms with Gasteiger partial charge in [0.2, 0.25) is 0 Å². The van der Waals surface area contributed by atoms with Crippen LogP contribution < -0.4 is 10.4 Å². The molecule has 2 aromatic rings. The Kier molecular flexibility index (Phi) is 8.45. The highest BCUT2D eigenvalue weighted by atomic mass is 28.4. The summed E-state index contributed by atoms with van der Waals surface area (Å²) in [6.07, 6.45) is 8.46. The molecule has 2 fully saturated rings. The van der Waals surface area contributed by atoms with Crippen LogP contribution >= 0.6 is 0 Å². The standard InChI is InChI=1S/C29H42O3Si/c1-29(2,3)33(26-15-6-4-7-16-26,27-17-8-5-9-18-27)32-23-25-14-12-13-24(21-25)22-31-28-19-10-11-20-30-28/h4-9,15-18,24-25,28H,10-14,19-23H2,1-3H3/t24-,25?,28?/m0/s1. The Bertz CT molecular complexity index is 787. The van der Waals surface area contributed by atoms with Crippen LogP contribution in [-0.4, -0.2) is 34.4 Å². The Morgan fingerprint density at radius 3 is 1.94 bits per heavy atom. The van der Waals surface area contributed by atoms with E-state index in [0.29, 0.717) is 11.8 Å². The summed E-state index contributed by atoms with van der Waals surface area (Å²) >= 11 is 0. The van der Waals surface area contributed by atoms with E-state index in [2.05, 4.69) is 81.4 Å². The molecule has 1 saturated heterocycles. The highest BCUT2D eigenvalue weighted by Crippen LogP contribution is 2.38. The van der Waals surface area contributed by atoms with Crippen LogP contribution in [0.5, 0.6) is 0 Å². The maximum atomic E-state index is 7.22. The number of rotatable bonds is 8. The van der Waals surface area contributed by atoms with E-state index in [9.17, 15) is 0 Å². The van der Waals surface area contributed by atoms with Crippen molar-refractivity contribution >= 4 is 18.7 Å². The zero-order valence-corrected chi connectivity index (χ0v) is 21.8. The lowest BCUT2D eigenvalue weighted by Gasteiger charge is -2.44. The molecule has 0 aromatic heterocycles. The van der Waals surface area contributed by atoms with Gasteiger partial charge in [0, 0.05) is 13.2 Å². The number of hydrogen-bond donors (Lipinski definition) is 0. The van der Waals surface area contributed by atoms with Crippen LogP contribution in [-0.2, 0) is 13.9 Å². The quantitative estimate of drug-likeness (QED) is 0.453. The van der Waals surface area contributed by atoms with E-state index in [0.717, 1.165) is 26.2 Å². The topological polar surface area (TPSA) is 27.7 Å². The predicted octanol–water partition coefficient (Wildman–Crippen LogP) is 5.91. The second-order valence-corrected chi connectivity index (χ2v) is 15.3. The fraction of sp³-hybridized carbons (Fsp3) is 0.586. The molecule has 4 heteroatoms. The highest BCUT2D eigenvalue weighted by molar-refractivity contribution is 6.99. The lowest BCUT2D eigenvalue weighted by Crippen LogP contribution is -2.67. The SMILES string of the molecule is CC(C)(C)[Si](OCC1CCC[C@H](COC2CCCCO2)C1)(c1ccccc1)c1ccccc1. The zero-order valence-electron chi connectivity index (χ0n) is 20.8. The molecule has 4 rings (SSSR count). The van der Waals surface area contributed by atoms with Gasteiger partial charge in [0.15, 0.2) is 6.29 Å². The largest absolute Gasteiger partial charge is 0.407 e. The summed E-state index contributed by atoms with van der Waals surface area (Å²) in [6, 6.07) is 22.0. The van der Waals surface area contributed by atoms with Crippen LogP contribution in [0.3, 0.4) is 0 Å². The van der Waals surface area contributed by atoms with Crippen molar-refractivity contribution in [2.24, 2.45) is 11.8 Å². The van der Waals surface area contributed by atoms with Crippen molar-refractivity contribution in [1.82, 2.24) is 0 Å². The van der Waals surface area contributed by atoms with Gasteiger partial charge in [-0.2, -0.15) is 0 Å². The van der Waals surface area contributed by atoms with Gasteiger partial charge in [0.25, 0.3) is 8.32 Å². The molecule has 1 aliphatic heterocycles. The Labute approximate surface area is 202 Å². The van der Waals surface area contributed by atoms with E-state index in [-0.39, 0.29) is 11.3 Å².